The van der Waals surface area contributed by atoms with Crippen LogP contribution in [0.1, 0.15) is 32.1 Å². The van der Waals surface area contributed by atoms with Crippen LogP contribution >= 0.6 is 0 Å². The van der Waals surface area contributed by atoms with Gasteiger partial charge in [-0.15, -0.1) is 0 Å². The number of likely N-dealkylation sites (tertiary alicyclic amines) is 1. The molecule has 2 aliphatic heterocycles. The van der Waals surface area contributed by atoms with Gasteiger partial charge in [-0.05, 0) is 32.1 Å². The van der Waals surface area contributed by atoms with Crippen LogP contribution in [0.4, 0.5) is 0 Å². The quantitative estimate of drug-likeness (QED) is 0.729. The molecule has 5 heteroatoms. The summed E-state index contributed by atoms with van der Waals surface area (Å²) in [5.41, 5.74) is -0.784. The second-order valence-corrected chi connectivity index (χ2v) is 5.61. The van der Waals surface area contributed by atoms with E-state index in [1.165, 1.54) is 0 Å². The average molecular weight is 247 g/mol. The monoisotopic (exact) mass is 247 g/mol. The Bertz CT molecular complexity index is 436. The van der Waals surface area contributed by atoms with Crippen LogP contribution in [0.5, 0.6) is 0 Å². The van der Waals surface area contributed by atoms with Gasteiger partial charge in [0.1, 0.15) is 5.41 Å². The summed E-state index contributed by atoms with van der Waals surface area (Å²) in [4.78, 5) is 26.0. The molecule has 2 heterocycles. The summed E-state index contributed by atoms with van der Waals surface area (Å²) in [6.45, 7) is 1.25. The molecular formula is C13H17N3O2. The minimum atomic E-state index is -0.784. The highest BCUT2D eigenvalue weighted by Crippen LogP contribution is 2.43. The molecule has 5 nitrogen and oxygen atoms in total. The van der Waals surface area contributed by atoms with Crippen molar-refractivity contribution in [2.75, 3.05) is 13.1 Å². The number of carbonyl (C=O) groups is 2. The van der Waals surface area contributed by atoms with Gasteiger partial charge in [0.25, 0.3) is 0 Å². The van der Waals surface area contributed by atoms with Crippen molar-refractivity contribution < 1.29 is 9.59 Å². The lowest BCUT2D eigenvalue weighted by molar-refractivity contribution is -0.148. The highest BCUT2D eigenvalue weighted by Gasteiger charge is 2.51. The zero-order valence-corrected chi connectivity index (χ0v) is 10.3. The molecule has 1 aliphatic carbocycles. The zero-order chi connectivity index (χ0) is 12.8. The lowest BCUT2D eigenvalue weighted by Gasteiger charge is -2.43. The third-order valence-electron chi connectivity index (χ3n) is 4.69. The minimum Gasteiger partial charge on any atom is -0.354 e. The second kappa shape index (κ2) is 3.98. The predicted octanol–water partition coefficient (Wildman–Crippen LogP) is 0.417. The van der Waals surface area contributed by atoms with Gasteiger partial charge in [-0.1, -0.05) is 0 Å². The smallest absolute Gasteiger partial charge is 0.243 e. The Balaban J connectivity index is 1.82. The van der Waals surface area contributed by atoms with Crippen LogP contribution in [0.25, 0.3) is 0 Å². The third-order valence-corrected chi connectivity index (χ3v) is 4.69. The number of rotatable bonds is 1. The van der Waals surface area contributed by atoms with Crippen molar-refractivity contribution in [3.63, 3.8) is 0 Å². The van der Waals surface area contributed by atoms with Crippen LogP contribution in [0.2, 0.25) is 0 Å². The molecular weight excluding hydrogens is 230 g/mol. The van der Waals surface area contributed by atoms with Gasteiger partial charge in [0.15, 0.2) is 0 Å². The van der Waals surface area contributed by atoms with Gasteiger partial charge < -0.3 is 10.2 Å². The molecule has 0 spiro atoms. The standard InChI is InChI=1S/C13H17N3O2/c14-8-13(4-2-5-13)12(18)16-6-1-3-9-10(16)7-15-11(9)17/h9-10H,1-7H2,(H,15,17). The number of carbonyl (C=O) groups excluding carboxylic acids is 2. The summed E-state index contributed by atoms with van der Waals surface area (Å²) >= 11 is 0. The first-order chi connectivity index (χ1) is 8.68. The summed E-state index contributed by atoms with van der Waals surface area (Å²) in [6, 6.07) is 2.18. The largest absolute Gasteiger partial charge is 0.354 e. The molecule has 3 rings (SSSR count). The summed E-state index contributed by atoms with van der Waals surface area (Å²) in [5.74, 6) is -0.0295. The van der Waals surface area contributed by atoms with Crippen LogP contribution in [0, 0.1) is 22.7 Å². The molecule has 2 amide bonds. The van der Waals surface area contributed by atoms with Gasteiger partial charge in [-0.3, -0.25) is 9.59 Å². The Morgan fingerprint density at radius 1 is 1.44 bits per heavy atom. The zero-order valence-electron chi connectivity index (χ0n) is 10.3. The lowest BCUT2D eigenvalue weighted by atomic mass is 9.68. The Morgan fingerprint density at radius 2 is 2.22 bits per heavy atom. The number of nitrogens with zero attached hydrogens (tertiary/aromatic N) is 2. The number of hydrogen-bond acceptors (Lipinski definition) is 3. The molecule has 1 N–H and O–H groups in total. The third kappa shape index (κ3) is 1.45. The highest BCUT2D eigenvalue weighted by molar-refractivity contribution is 5.89. The average Bonchev–Trinajstić information content (AvgIpc) is 2.70. The Morgan fingerprint density at radius 3 is 2.83 bits per heavy atom. The normalized spacial score (nSPS) is 33.1. The maximum atomic E-state index is 12.5. The van der Waals surface area contributed by atoms with Crippen molar-refractivity contribution in [2.45, 2.75) is 38.1 Å². The molecule has 3 aliphatic rings. The van der Waals surface area contributed by atoms with E-state index in [0.29, 0.717) is 25.9 Å². The molecule has 2 saturated heterocycles. The summed E-state index contributed by atoms with van der Waals surface area (Å²) in [5, 5.41) is 12.1. The Labute approximate surface area is 106 Å². The first-order valence-corrected chi connectivity index (χ1v) is 6.68. The van der Waals surface area contributed by atoms with Crippen LogP contribution in [0.15, 0.2) is 0 Å². The molecule has 0 radical (unpaired) electrons. The fourth-order valence-corrected chi connectivity index (χ4v) is 3.38. The number of nitriles is 1. The maximum Gasteiger partial charge on any atom is 0.243 e. The van der Waals surface area contributed by atoms with E-state index in [-0.39, 0.29) is 23.8 Å². The van der Waals surface area contributed by atoms with Crippen molar-refractivity contribution in [3.05, 3.63) is 0 Å². The van der Waals surface area contributed by atoms with Gasteiger partial charge >= 0.3 is 0 Å². The van der Waals surface area contributed by atoms with E-state index in [2.05, 4.69) is 11.4 Å². The molecule has 18 heavy (non-hydrogen) atoms. The molecule has 0 aromatic rings. The van der Waals surface area contributed by atoms with E-state index in [1.54, 1.807) is 4.90 Å². The number of fused-ring (bicyclic) bond motifs is 1. The summed E-state index contributed by atoms with van der Waals surface area (Å²) < 4.78 is 0. The topological polar surface area (TPSA) is 73.2 Å². The molecule has 96 valence electrons. The van der Waals surface area contributed by atoms with Crippen molar-refractivity contribution in [1.29, 1.82) is 5.26 Å². The predicted molar refractivity (Wildman–Crippen MR) is 63.1 cm³/mol. The van der Waals surface area contributed by atoms with Gasteiger partial charge in [-0.25, -0.2) is 0 Å². The summed E-state index contributed by atoms with van der Waals surface area (Å²) in [7, 11) is 0. The van der Waals surface area contributed by atoms with Crippen LogP contribution in [-0.4, -0.2) is 35.8 Å². The van der Waals surface area contributed by atoms with Gasteiger partial charge in [0, 0.05) is 13.1 Å². The van der Waals surface area contributed by atoms with E-state index < -0.39 is 5.41 Å². The second-order valence-electron chi connectivity index (χ2n) is 5.61. The fraction of sp³-hybridized carbons (Fsp3) is 0.769. The molecule has 0 aromatic heterocycles. The SMILES string of the molecule is N#CC1(C(=O)N2CCCC3C(=O)NCC32)CCC1. The number of hydrogen-bond donors (Lipinski definition) is 1. The molecule has 0 bridgehead atoms. The van der Waals surface area contributed by atoms with Crippen LogP contribution < -0.4 is 5.32 Å². The van der Waals surface area contributed by atoms with Crippen molar-refractivity contribution in [3.8, 4) is 6.07 Å². The van der Waals surface area contributed by atoms with Gasteiger partial charge in [0.2, 0.25) is 11.8 Å². The van der Waals surface area contributed by atoms with E-state index in [1.807, 2.05) is 0 Å². The number of amides is 2. The van der Waals surface area contributed by atoms with E-state index in [4.69, 9.17) is 0 Å². The number of nitrogens with one attached hydrogen (secondary N) is 1. The van der Waals surface area contributed by atoms with Crippen LogP contribution in [0.3, 0.4) is 0 Å². The van der Waals surface area contributed by atoms with Crippen LogP contribution in [-0.2, 0) is 9.59 Å². The van der Waals surface area contributed by atoms with E-state index in [0.717, 1.165) is 19.3 Å². The van der Waals surface area contributed by atoms with E-state index >= 15 is 0 Å². The summed E-state index contributed by atoms with van der Waals surface area (Å²) in [6.07, 6.45) is 4.04. The first kappa shape index (κ1) is 11.5. The van der Waals surface area contributed by atoms with Crippen molar-refractivity contribution in [1.82, 2.24) is 10.2 Å². The van der Waals surface area contributed by atoms with Crippen molar-refractivity contribution >= 4 is 11.8 Å². The van der Waals surface area contributed by atoms with E-state index in [9.17, 15) is 14.9 Å². The van der Waals surface area contributed by atoms with Gasteiger partial charge in [0.05, 0.1) is 18.0 Å². The molecule has 2 unspecified atom stereocenters. The Hall–Kier alpha value is -1.57. The molecule has 1 saturated carbocycles. The Kier molecular flexibility index (Phi) is 2.54. The lowest BCUT2D eigenvalue weighted by Crippen LogP contribution is -2.55. The highest BCUT2D eigenvalue weighted by atomic mass is 16.2. The first-order valence-electron chi connectivity index (χ1n) is 6.68. The number of piperidine rings is 1. The van der Waals surface area contributed by atoms with Crippen molar-refractivity contribution in [2.24, 2.45) is 11.3 Å². The fourth-order valence-electron chi connectivity index (χ4n) is 3.38. The maximum absolute atomic E-state index is 12.5. The molecule has 3 fully saturated rings. The molecule has 2 atom stereocenters. The minimum absolute atomic E-state index is 0.0235. The molecule has 0 aromatic carbocycles. The van der Waals surface area contributed by atoms with Gasteiger partial charge in [-0.2, -0.15) is 5.26 Å².